The van der Waals surface area contributed by atoms with Crippen molar-refractivity contribution in [3.05, 3.63) is 0 Å². The number of nitrogens with zero attached hydrogens (tertiary/aromatic N) is 1. The van der Waals surface area contributed by atoms with E-state index in [1.54, 1.807) is 0 Å². The topological polar surface area (TPSA) is 21.7 Å². The van der Waals surface area contributed by atoms with Crippen molar-refractivity contribution < 1.29 is 8.85 Å². The van der Waals surface area contributed by atoms with Crippen LogP contribution in [-0.2, 0) is 8.85 Å². The van der Waals surface area contributed by atoms with E-state index < -0.39 is 16.5 Å². The van der Waals surface area contributed by atoms with Crippen LogP contribution in [0.4, 0.5) is 0 Å². The average molecular weight is 334 g/mol. The van der Waals surface area contributed by atoms with Gasteiger partial charge >= 0.3 is 10.0 Å². The lowest BCUT2D eigenvalue weighted by Gasteiger charge is -2.49. The van der Waals surface area contributed by atoms with E-state index in [-0.39, 0.29) is 16.1 Å². The predicted octanol–water partition coefficient (Wildman–Crippen LogP) is 4.10. The summed E-state index contributed by atoms with van der Waals surface area (Å²) < 4.78 is 14.0. The van der Waals surface area contributed by atoms with Gasteiger partial charge in [0.1, 0.15) is 16.5 Å². The largest absolute Gasteiger partial charge is 0.433 e. The van der Waals surface area contributed by atoms with Crippen molar-refractivity contribution >= 4 is 26.5 Å². The first-order chi connectivity index (χ1) is 9.04. The van der Waals surface area contributed by atoms with Crippen LogP contribution in [0.5, 0.6) is 0 Å². The Balaban J connectivity index is 4.76. The highest BCUT2D eigenvalue weighted by molar-refractivity contribution is 6.89. The third-order valence-corrected chi connectivity index (χ3v) is 11.9. The van der Waals surface area contributed by atoms with Crippen molar-refractivity contribution in [1.82, 2.24) is 4.23 Å². The van der Waals surface area contributed by atoms with Crippen molar-refractivity contribution in [3.63, 3.8) is 0 Å². The van der Waals surface area contributed by atoms with E-state index in [2.05, 4.69) is 57.4 Å². The fourth-order valence-corrected chi connectivity index (χ4v) is 14.4. The third-order valence-electron chi connectivity index (χ3n) is 3.34. The van der Waals surface area contributed by atoms with Gasteiger partial charge in [-0.1, -0.05) is 46.2 Å². The molecule has 2 atom stereocenters. The van der Waals surface area contributed by atoms with Crippen molar-refractivity contribution in [2.75, 3.05) is 6.61 Å². The summed E-state index contributed by atoms with van der Waals surface area (Å²) in [4.78, 5) is 0. The standard InChI is InChI=1S/C14H35NO2Si3/c1-10-14(12-13(3)17-18-16-11-2)15(19(4,5)6)20(7,8)9/h13-14H,10-12H2,1-9H3. The van der Waals surface area contributed by atoms with Gasteiger partial charge in [-0.3, -0.25) is 0 Å². The van der Waals surface area contributed by atoms with E-state index in [1.165, 1.54) is 6.42 Å². The molecule has 0 bridgehead atoms. The van der Waals surface area contributed by atoms with Crippen LogP contribution in [0, 0.1) is 0 Å². The molecule has 0 saturated carbocycles. The Morgan fingerprint density at radius 3 is 1.85 bits per heavy atom. The molecule has 0 heterocycles. The molecule has 0 rings (SSSR count). The van der Waals surface area contributed by atoms with Gasteiger partial charge in [0.15, 0.2) is 0 Å². The number of hydrogen-bond donors (Lipinski definition) is 0. The first-order valence-corrected chi connectivity index (χ1v) is 15.6. The Hall–Kier alpha value is 0.531. The molecule has 0 saturated heterocycles. The van der Waals surface area contributed by atoms with E-state index in [9.17, 15) is 0 Å². The predicted molar refractivity (Wildman–Crippen MR) is 95.2 cm³/mol. The highest BCUT2D eigenvalue weighted by atomic mass is 28.4. The molecule has 2 radical (unpaired) electrons. The van der Waals surface area contributed by atoms with E-state index in [0.29, 0.717) is 6.04 Å². The molecular weight excluding hydrogens is 298 g/mol. The normalized spacial score (nSPS) is 16.5. The summed E-state index contributed by atoms with van der Waals surface area (Å²) in [5.74, 6) is 0. The summed E-state index contributed by atoms with van der Waals surface area (Å²) in [7, 11) is -2.42. The minimum Gasteiger partial charge on any atom is -0.393 e. The molecule has 0 spiro atoms. The summed E-state index contributed by atoms with van der Waals surface area (Å²) in [5, 5.41) is 0. The highest BCUT2D eigenvalue weighted by Crippen LogP contribution is 2.27. The van der Waals surface area contributed by atoms with Gasteiger partial charge < -0.3 is 13.1 Å². The van der Waals surface area contributed by atoms with Gasteiger partial charge in [0.25, 0.3) is 0 Å². The van der Waals surface area contributed by atoms with Crippen LogP contribution in [-0.4, -0.2) is 49.5 Å². The Morgan fingerprint density at radius 1 is 1.00 bits per heavy atom. The summed E-state index contributed by atoms with van der Waals surface area (Å²) >= 11 is 0. The zero-order valence-electron chi connectivity index (χ0n) is 15.0. The second-order valence-corrected chi connectivity index (χ2v) is 18.2. The van der Waals surface area contributed by atoms with Gasteiger partial charge in [-0.15, -0.1) is 0 Å². The van der Waals surface area contributed by atoms with E-state index in [1.807, 2.05) is 6.92 Å². The van der Waals surface area contributed by atoms with Gasteiger partial charge in [-0.05, 0) is 32.7 Å². The summed E-state index contributed by atoms with van der Waals surface area (Å²) in [6.45, 7) is 22.1. The molecule has 0 aromatic carbocycles. The van der Waals surface area contributed by atoms with Crippen LogP contribution in [0.3, 0.4) is 0 Å². The van der Waals surface area contributed by atoms with Crippen LogP contribution in [0.15, 0.2) is 0 Å². The van der Waals surface area contributed by atoms with Crippen molar-refractivity contribution in [3.8, 4) is 0 Å². The molecule has 0 amide bonds. The van der Waals surface area contributed by atoms with Gasteiger partial charge in [-0.25, -0.2) is 0 Å². The average Bonchev–Trinajstić information content (AvgIpc) is 2.24. The molecule has 0 aliphatic rings. The molecule has 0 fully saturated rings. The SMILES string of the molecule is CCO[Si]OC(C)CC(CC)N([Si](C)(C)C)[Si](C)(C)C. The molecular formula is C14H35NO2Si3. The van der Waals surface area contributed by atoms with Crippen LogP contribution >= 0.6 is 0 Å². The zero-order valence-corrected chi connectivity index (χ0v) is 18.0. The Bertz CT molecular complexity index is 250. The lowest BCUT2D eigenvalue weighted by atomic mass is 10.1. The van der Waals surface area contributed by atoms with Gasteiger partial charge in [0.05, 0.1) is 0 Å². The van der Waals surface area contributed by atoms with E-state index in [0.717, 1.165) is 13.0 Å². The molecule has 0 aliphatic heterocycles. The van der Waals surface area contributed by atoms with Gasteiger partial charge in [0, 0.05) is 12.7 Å². The number of rotatable bonds is 10. The molecule has 6 heteroatoms. The lowest BCUT2D eigenvalue weighted by molar-refractivity contribution is 0.147. The van der Waals surface area contributed by atoms with Crippen LogP contribution in [0.1, 0.15) is 33.6 Å². The Kier molecular flexibility index (Phi) is 9.08. The molecule has 120 valence electrons. The molecule has 3 nitrogen and oxygen atoms in total. The first kappa shape index (κ1) is 20.5. The van der Waals surface area contributed by atoms with Gasteiger partial charge in [-0.2, -0.15) is 0 Å². The van der Waals surface area contributed by atoms with E-state index in [4.69, 9.17) is 8.85 Å². The van der Waals surface area contributed by atoms with Crippen molar-refractivity contribution in [1.29, 1.82) is 0 Å². The van der Waals surface area contributed by atoms with Crippen molar-refractivity contribution in [2.24, 2.45) is 0 Å². The number of hydrogen-bond acceptors (Lipinski definition) is 3. The van der Waals surface area contributed by atoms with Crippen molar-refractivity contribution in [2.45, 2.75) is 85.0 Å². The molecule has 0 aliphatic carbocycles. The fraction of sp³-hybridized carbons (Fsp3) is 1.00. The summed E-state index contributed by atoms with van der Waals surface area (Å²) in [5.41, 5.74) is 0. The third kappa shape index (κ3) is 7.51. The maximum atomic E-state index is 5.80. The van der Waals surface area contributed by atoms with Crippen LogP contribution in [0.25, 0.3) is 0 Å². The monoisotopic (exact) mass is 333 g/mol. The first-order valence-electron chi connectivity index (χ1n) is 7.85. The van der Waals surface area contributed by atoms with Gasteiger partial charge in [0.2, 0.25) is 0 Å². The maximum absolute atomic E-state index is 5.80. The second-order valence-electron chi connectivity index (χ2n) is 7.45. The molecule has 0 aromatic heterocycles. The highest BCUT2D eigenvalue weighted by Gasteiger charge is 2.38. The molecule has 0 N–H and O–H groups in total. The maximum Gasteiger partial charge on any atom is 0.433 e. The van der Waals surface area contributed by atoms with Crippen LogP contribution in [0.2, 0.25) is 39.3 Å². The fourth-order valence-electron chi connectivity index (χ4n) is 3.16. The quantitative estimate of drug-likeness (QED) is 0.444. The minimum absolute atomic E-state index is 0.185. The zero-order chi connectivity index (χ0) is 16.0. The molecule has 20 heavy (non-hydrogen) atoms. The Morgan fingerprint density at radius 2 is 1.50 bits per heavy atom. The lowest BCUT2D eigenvalue weighted by Crippen LogP contribution is -2.63. The minimum atomic E-state index is -1.30. The molecule has 2 unspecified atom stereocenters. The molecule has 0 aromatic rings. The smallest absolute Gasteiger partial charge is 0.393 e. The second kappa shape index (κ2) is 8.85. The Labute approximate surface area is 131 Å². The van der Waals surface area contributed by atoms with E-state index >= 15 is 0 Å². The summed E-state index contributed by atoms with van der Waals surface area (Å²) in [6, 6.07) is 0.648. The summed E-state index contributed by atoms with van der Waals surface area (Å²) in [6.07, 6.45) is 2.60. The van der Waals surface area contributed by atoms with Crippen LogP contribution < -0.4 is 0 Å².